The molecule has 0 fully saturated rings. The average Bonchev–Trinajstić information content (AvgIpc) is 3.59. The summed E-state index contributed by atoms with van der Waals surface area (Å²) >= 11 is 0. The molecule has 0 bridgehead atoms. The van der Waals surface area contributed by atoms with Gasteiger partial charge in [0.1, 0.15) is 0 Å². The first-order chi connectivity index (χ1) is 31.9. The second-order valence-electron chi connectivity index (χ2n) is 20.6. The molecule has 0 unspecified atom stereocenters. The van der Waals surface area contributed by atoms with E-state index >= 15 is 0 Å². The molecular formula is C63H106N2. The quantitative estimate of drug-likeness (QED) is 0.0470. The maximum Gasteiger partial charge on any atom is 0.211 e. The molecule has 0 N–H and O–H groups in total. The summed E-state index contributed by atoms with van der Waals surface area (Å²) < 4.78 is 1.77. The van der Waals surface area contributed by atoms with Crippen LogP contribution in [-0.4, -0.2) is 4.70 Å². The number of unbranched alkanes of at least 4 members (excludes halogenated alkanes) is 23. The van der Waals surface area contributed by atoms with E-state index in [0.29, 0.717) is 0 Å². The van der Waals surface area contributed by atoms with Crippen molar-refractivity contribution >= 4 is 11.4 Å². The number of hydrogen-bond donors (Lipinski definition) is 0. The molecule has 1 aliphatic heterocycles. The van der Waals surface area contributed by atoms with Gasteiger partial charge < -0.3 is 5.53 Å². The van der Waals surface area contributed by atoms with Crippen molar-refractivity contribution in [3.05, 3.63) is 85.5 Å². The molecule has 1 heterocycles. The van der Waals surface area contributed by atoms with Crippen LogP contribution in [0.15, 0.2) is 35.4 Å². The third-order valence-corrected chi connectivity index (χ3v) is 14.8. The van der Waals surface area contributed by atoms with Crippen molar-refractivity contribution in [3.63, 3.8) is 0 Å². The molecular weight excluding hydrogens is 785 g/mol. The Labute approximate surface area is 405 Å². The fourth-order valence-electron chi connectivity index (χ4n) is 10.8. The smallest absolute Gasteiger partial charge is 0.211 e. The summed E-state index contributed by atoms with van der Waals surface area (Å²) in [6, 6.07) is 10.3. The Hall–Kier alpha value is -2.48. The topological polar surface area (TPSA) is 25.3 Å². The van der Waals surface area contributed by atoms with Crippen molar-refractivity contribution in [2.75, 3.05) is 0 Å². The van der Waals surface area contributed by atoms with Gasteiger partial charge in [-0.15, -0.1) is 0 Å². The molecule has 0 spiro atoms. The minimum absolute atomic E-state index is 1.06. The van der Waals surface area contributed by atoms with E-state index in [1.165, 1.54) is 234 Å². The molecule has 0 saturated heterocycles. The lowest BCUT2D eigenvalue weighted by molar-refractivity contribution is -0.345. The molecule has 0 aromatic heterocycles. The molecule has 0 atom stereocenters. The SMILES string of the molecule is CCCCCCCCCCCCCCCC1=C(c2cc(CCCC)c(CCCC)c(CCCC)c2)[N+](=[N-])C(c2cc(CCCC)c(CCCC)c(CCCC)c2)=C1CCCCCCCC. The first kappa shape index (κ1) is 56.8. The molecule has 0 amide bonds. The molecule has 0 radical (unpaired) electrons. The predicted molar refractivity (Wildman–Crippen MR) is 290 cm³/mol. The van der Waals surface area contributed by atoms with Gasteiger partial charge in [0.05, 0.1) is 0 Å². The van der Waals surface area contributed by atoms with Crippen LogP contribution in [0.1, 0.15) is 312 Å². The van der Waals surface area contributed by atoms with Gasteiger partial charge in [0.15, 0.2) is 0 Å². The fourth-order valence-corrected chi connectivity index (χ4v) is 10.8. The summed E-state index contributed by atoms with van der Waals surface area (Å²) in [4.78, 5) is 0. The van der Waals surface area contributed by atoms with Crippen molar-refractivity contribution in [3.8, 4) is 0 Å². The van der Waals surface area contributed by atoms with Crippen molar-refractivity contribution in [2.45, 2.75) is 306 Å². The summed E-state index contributed by atoms with van der Waals surface area (Å²) in [5.41, 5.74) is 30.4. The molecule has 2 nitrogen and oxygen atoms in total. The molecule has 0 aliphatic carbocycles. The zero-order chi connectivity index (χ0) is 46.9. The predicted octanol–water partition coefficient (Wildman–Crippen LogP) is 21.1. The Morgan fingerprint density at radius 2 is 0.508 bits per heavy atom. The summed E-state index contributed by atoms with van der Waals surface area (Å²) in [6.45, 7) is 18.7. The van der Waals surface area contributed by atoms with Gasteiger partial charge in [0, 0.05) is 22.3 Å². The molecule has 368 valence electrons. The third-order valence-electron chi connectivity index (χ3n) is 14.8. The second kappa shape index (κ2) is 35.6. The molecule has 2 aromatic carbocycles. The Bertz CT molecular complexity index is 1590. The van der Waals surface area contributed by atoms with Gasteiger partial charge in [0.2, 0.25) is 11.4 Å². The normalized spacial score (nSPS) is 13.1. The number of allylic oxidation sites excluding steroid dienone is 2. The molecule has 65 heavy (non-hydrogen) atoms. The number of hydrogen-bond acceptors (Lipinski definition) is 0. The highest BCUT2D eigenvalue weighted by atomic mass is 15.2. The van der Waals surface area contributed by atoms with E-state index in [-0.39, 0.29) is 0 Å². The van der Waals surface area contributed by atoms with Crippen LogP contribution in [0.3, 0.4) is 0 Å². The molecule has 1 aliphatic rings. The lowest BCUT2D eigenvalue weighted by Crippen LogP contribution is -2.09. The zero-order valence-electron chi connectivity index (χ0n) is 44.8. The molecule has 3 rings (SSSR count). The maximum absolute atomic E-state index is 13.2. The van der Waals surface area contributed by atoms with Crippen molar-refractivity contribution in [1.29, 1.82) is 0 Å². The lowest BCUT2D eigenvalue weighted by atomic mass is 9.86. The van der Waals surface area contributed by atoms with Crippen LogP contribution in [0.4, 0.5) is 0 Å². The van der Waals surface area contributed by atoms with E-state index in [0.717, 1.165) is 49.9 Å². The Morgan fingerprint density at radius 3 is 0.769 bits per heavy atom. The van der Waals surface area contributed by atoms with Crippen LogP contribution in [0.25, 0.3) is 16.9 Å². The number of rotatable bonds is 41. The van der Waals surface area contributed by atoms with Gasteiger partial charge >= 0.3 is 0 Å². The Morgan fingerprint density at radius 1 is 0.277 bits per heavy atom. The highest BCUT2D eigenvalue weighted by Crippen LogP contribution is 2.46. The summed E-state index contributed by atoms with van der Waals surface area (Å²) in [5, 5.41) is 0. The Balaban J connectivity index is 2.19. The fraction of sp³-hybridized carbons (Fsp3) is 0.746. The van der Waals surface area contributed by atoms with E-state index in [2.05, 4.69) is 79.7 Å². The third kappa shape index (κ3) is 20.0. The minimum atomic E-state index is 1.06. The van der Waals surface area contributed by atoms with E-state index in [1.807, 2.05) is 0 Å². The largest absolute Gasteiger partial charge is 0.493 e. The molecule has 2 aromatic rings. The average molecular weight is 892 g/mol. The van der Waals surface area contributed by atoms with Gasteiger partial charge in [-0.2, -0.15) is 0 Å². The lowest BCUT2D eigenvalue weighted by Gasteiger charge is -2.20. The summed E-state index contributed by atoms with van der Waals surface area (Å²) in [5.74, 6) is 0. The van der Waals surface area contributed by atoms with E-state index in [1.54, 1.807) is 38.1 Å². The minimum Gasteiger partial charge on any atom is -0.493 e. The summed E-state index contributed by atoms with van der Waals surface area (Å²) in [7, 11) is 0. The number of nitrogens with zero attached hydrogens (tertiary/aromatic N) is 2. The van der Waals surface area contributed by atoms with Crippen LogP contribution in [-0.2, 0) is 38.5 Å². The van der Waals surface area contributed by atoms with Gasteiger partial charge in [-0.05, 0) is 160 Å². The first-order valence-electron chi connectivity index (χ1n) is 29.2. The van der Waals surface area contributed by atoms with Crippen molar-refractivity contribution in [1.82, 2.24) is 0 Å². The highest BCUT2D eigenvalue weighted by molar-refractivity contribution is 5.83. The van der Waals surface area contributed by atoms with Crippen molar-refractivity contribution in [2.24, 2.45) is 0 Å². The van der Waals surface area contributed by atoms with Crippen LogP contribution in [0, 0.1) is 0 Å². The van der Waals surface area contributed by atoms with E-state index in [9.17, 15) is 5.53 Å². The number of benzene rings is 2. The first-order valence-corrected chi connectivity index (χ1v) is 29.2. The zero-order valence-corrected chi connectivity index (χ0v) is 44.8. The molecule has 2 heteroatoms. The highest BCUT2D eigenvalue weighted by Gasteiger charge is 2.36. The van der Waals surface area contributed by atoms with Gasteiger partial charge in [-0.25, -0.2) is 4.70 Å². The molecule has 0 saturated carbocycles. The Kier molecular flexibility index (Phi) is 31.2. The van der Waals surface area contributed by atoms with Crippen LogP contribution in [0.2, 0.25) is 0 Å². The monoisotopic (exact) mass is 891 g/mol. The summed E-state index contributed by atoms with van der Waals surface area (Å²) in [6.07, 6.45) is 49.4. The van der Waals surface area contributed by atoms with Crippen molar-refractivity contribution < 1.29 is 4.70 Å². The number of aryl methyl sites for hydroxylation is 4. The van der Waals surface area contributed by atoms with Crippen LogP contribution >= 0.6 is 0 Å². The van der Waals surface area contributed by atoms with E-state index < -0.39 is 0 Å². The maximum atomic E-state index is 13.2. The van der Waals surface area contributed by atoms with Gasteiger partial charge in [0.25, 0.3) is 0 Å². The second-order valence-corrected chi connectivity index (χ2v) is 20.6. The van der Waals surface area contributed by atoms with E-state index in [4.69, 9.17) is 0 Å². The standard InChI is InChI=1S/C63H106N2/c1-9-17-25-27-29-30-31-32-33-34-35-37-39-47-61-60(46-38-36-28-26-18-10-2)62(56-48-52(40-19-11-3)58(44-23-15-7)53(49-56)41-20-12-4)65(64)63(61)57-50-54(42-21-13-5)59(45-24-16-8)55(51-57)43-22-14-6/h48-51H,9-47H2,1-8H3. The van der Waals surface area contributed by atoms with Gasteiger partial charge in [-0.1, -0.05) is 203 Å². The van der Waals surface area contributed by atoms with Crippen LogP contribution < -0.4 is 0 Å². The van der Waals surface area contributed by atoms with Gasteiger partial charge in [-0.3, -0.25) is 0 Å². The van der Waals surface area contributed by atoms with Crippen LogP contribution in [0.5, 0.6) is 0 Å².